The Hall–Kier alpha value is -2.66. The maximum absolute atomic E-state index is 13.4. The average Bonchev–Trinajstić information content (AvgIpc) is 2.87. The van der Waals surface area contributed by atoms with E-state index in [0.29, 0.717) is 12.1 Å². The second kappa shape index (κ2) is 7.40. The lowest BCUT2D eigenvalue weighted by Crippen LogP contribution is -2.31. The number of halogens is 4. The Morgan fingerprint density at radius 1 is 1.46 bits per heavy atom. The number of hydrogen-bond donors (Lipinski definition) is 2. The molecule has 0 spiro atoms. The fourth-order valence-electron chi connectivity index (χ4n) is 2.65. The minimum atomic E-state index is -4.90. The third-order valence-corrected chi connectivity index (χ3v) is 5.20. The highest BCUT2D eigenvalue weighted by molar-refractivity contribution is 7.83. The average molecular weight is 417 g/mol. The number of anilines is 1. The molecule has 0 radical (unpaired) electrons. The number of rotatable bonds is 3. The summed E-state index contributed by atoms with van der Waals surface area (Å²) in [6, 6.07) is 1.72. The minimum Gasteiger partial charge on any atom is -0.488 e. The molecular formula is C17H15F4N3O3S. The van der Waals surface area contributed by atoms with Crippen LogP contribution in [0.5, 0.6) is 5.75 Å². The third kappa shape index (κ3) is 3.80. The van der Waals surface area contributed by atoms with Crippen molar-refractivity contribution in [3.8, 4) is 5.75 Å². The number of alkyl halides is 3. The fraction of sp³-hybridized carbons (Fsp3) is 0.235. The summed E-state index contributed by atoms with van der Waals surface area (Å²) in [7, 11) is -0.178. The van der Waals surface area contributed by atoms with Gasteiger partial charge in [0.15, 0.2) is 11.4 Å². The lowest BCUT2D eigenvalue weighted by atomic mass is 10.1. The number of nitrogens with one attached hydrogen (secondary N) is 2. The highest BCUT2D eigenvalue weighted by Gasteiger charge is 2.35. The molecule has 2 atom stereocenters. The van der Waals surface area contributed by atoms with E-state index in [-0.39, 0.29) is 28.6 Å². The Bertz CT molecular complexity index is 971. The van der Waals surface area contributed by atoms with Gasteiger partial charge in [-0.3, -0.25) is 4.79 Å². The van der Waals surface area contributed by atoms with Gasteiger partial charge in [0, 0.05) is 18.9 Å². The second-order valence-corrected chi connectivity index (χ2v) is 7.18. The molecule has 2 N–H and O–H groups in total. The monoisotopic (exact) mass is 417 g/mol. The molecule has 1 aliphatic rings. The van der Waals surface area contributed by atoms with Crippen LogP contribution in [0.25, 0.3) is 0 Å². The Morgan fingerprint density at radius 3 is 2.82 bits per heavy atom. The van der Waals surface area contributed by atoms with Gasteiger partial charge in [0.1, 0.15) is 28.3 Å². The van der Waals surface area contributed by atoms with Gasteiger partial charge in [-0.15, -0.1) is 6.58 Å². The predicted octanol–water partition coefficient (Wildman–Crippen LogP) is 2.99. The molecule has 11 heteroatoms. The first-order valence-electron chi connectivity index (χ1n) is 7.92. The molecule has 150 valence electrons. The van der Waals surface area contributed by atoms with Crippen LogP contribution in [0.15, 0.2) is 41.9 Å². The van der Waals surface area contributed by atoms with E-state index in [9.17, 15) is 26.6 Å². The summed E-state index contributed by atoms with van der Waals surface area (Å²) >= 11 is 0. The highest BCUT2D eigenvalue weighted by atomic mass is 32.2. The summed E-state index contributed by atoms with van der Waals surface area (Å²) in [4.78, 5) is 12.9. The van der Waals surface area contributed by atoms with Crippen molar-refractivity contribution in [2.45, 2.75) is 17.1 Å². The topological polar surface area (TPSA) is 72.4 Å². The molecule has 28 heavy (non-hydrogen) atoms. The molecule has 6 nitrogen and oxygen atoms in total. The second-order valence-electron chi connectivity index (χ2n) is 5.97. The van der Waals surface area contributed by atoms with Gasteiger partial charge in [0.05, 0.1) is 11.6 Å². The van der Waals surface area contributed by atoms with Crippen molar-refractivity contribution in [3.05, 3.63) is 54.1 Å². The van der Waals surface area contributed by atoms with Crippen LogP contribution in [0.2, 0.25) is 0 Å². The van der Waals surface area contributed by atoms with Crippen LogP contribution in [0.3, 0.4) is 0 Å². The number of aromatic nitrogens is 1. The first-order chi connectivity index (χ1) is 13.1. The summed E-state index contributed by atoms with van der Waals surface area (Å²) in [5.41, 5.74) is -1.77. The van der Waals surface area contributed by atoms with Gasteiger partial charge in [-0.2, -0.15) is 13.2 Å². The molecule has 2 heterocycles. The summed E-state index contributed by atoms with van der Waals surface area (Å²) in [6.45, 7) is 3.65. The van der Waals surface area contributed by atoms with E-state index in [2.05, 4.69) is 16.6 Å². The van der Waals surface area contributed by atoms with Crippen LogP contribution in [0, 0.1) is 5.82 Å². The number of fused-ring (bicyclic) bond motifs is 1. The van der Waals surface area contributed by atoms with E-state index in [4.69, 9.17) is 4.74 Å². The van der Waals surface area contributed by atoms with Gasteiger partial charge in [0.2, 0.25) is 0 Å². The van der Waals surface area contributed by atoms with Crippen molar-refractivity contribution >= 4 is 22.6 Å². The Balaban J connectivity index is 1.93. The number of hydrogen-bond acceptors (Lipinski definition) is 3. The largest absolute Gasteiger partial charge is 0.488 e. The van der Waals surface area contributed by atoms with Crippen LogP contribution in [0.1, 0.15) is 16.1 Å². The van der Waals surface area contributed by atoms with Gasteiger partial charge in [-0.25, -0.2) is 13.3 Å². The van der Waals surface area contributed by atoms with Crippen molar-refractivity contribution in [1.82, 2.24) is 9.29 Å². The molecule has 0 aliphatic carbocycles. The first kappa shape index (κ1) is 20.1. The molecule has 2 unspecified atom stereocenters. The molecule has 0 bridgehead atoms. The Morgan fingerprint density at radius 2 is 2.18 bits per heavy atom. The molecule has 2 aromatic rings. The number of aryl methyl sites for hydroxylation is 1. The lowest BCUT2D eigenvalue weighted by molar-refractivity contribution is -0.139. The maximum Gasteiger partial charge on any atom is 0.419 e. The molecular weight excluding hydrogens is 402 g/mol. The number of ether oxygens (including phenoxy) is 1. The summed E-state index contributed by atoms with van der Waals surface area (Å²) in [6.07, 6.45) is -1.98. The van der Waals surface area contributed by atoms with Gasteiger partial charge in [-0.05, 0) is 18.2 Å². The van der Waals surface area contributed by atoms with E-state index in [1.54, 1.807) is 0 Å². The number of amides is 1. The van der Waals surface area contributed by atoms with Gasteiger partial charge >= 0.3 is 6.18 Å². The summed E-state index contributed by atoms with van der Waals surface area (Å²) in [5.74, 6) is -2.19. The van der Waals surface area contributed by atoms with E-state index in [1.807, 2.05) is 0 Å². The van der Waals surface area contributed by atoms with Crippen molar-refractivity contribution in [2.75, 3.05) is 11.9 Å². The van der Waals surface area contributed by atoms with Crippen LogP contribution >= 0.6 is 0 Å². The molecule has 1 aromatic heterocycles. The van der Waals surface area contributed by atoms with Gasteiger partial charge in [0.25, 0.3) is 5.91 Å². The summed E-state index contributed by atoms with van der Waals surface area (Å²) in [5, 5.41) is 2.29. The molecule has 1 amide bonds. The Kier molecular flexibility index (Phi) is 5.31. The zero-order valence-corrected chi connectivity index (χ0v) is 15.3. The molecule has 0 fully saturated rings. The summed E-state index contributed by atoms with van der Waals surface area (Å²) < 4.78 is 74.1. The number of nitrogens with zero attached hydrogens (tertiary/aromatic N) is 1. The Labute approximate surface area is 159 Å². The van der Waals surface area contributed by atoms with Crippen molar-refractivity contribution in [1.29, 1.82) is 0 Å². The molecule has 1 aliphatic heterocycles. The minimum absolute atomic E-state index is 0.0345. The maximum atomic E-state index is 13.4. The number of carbonyl (C=O) groups is 1. The van der Waals surface area contributed by atoms with Crippen LogP contribution in [-0.2, 0) is 24.2 Å². The van der Waals surface area contributed by atoms with Crippen molar-refractivity contribution in [3.63, 3.8) is 0 Å². The van der Waals surface area contributed by atoms with Crippen molar-refractivity contribution < 1.29 is 31.3 Å². The van der Waals surface area contributed by atoms with E-state index in [1.165, 1.54) is 23.9 Å². The normalized spacial score (nSPS) is 19.3. The molecule has 0 saturated carbocycles. The molecule has 1 aromatic carbocycles. The zero-order valence-electron chi connectivity index (χ0n) is 14.5. The van der Waals surface area contributed by atoms with Crippen LogP contribution in [0.4, 0.5) is 23.2 Å². The van der Waals surface area contributed by atoms with Crippen LogP contribution < -0.4 is 14.8 Å². The standard InChI is InChI=1S/C17H15F4N3O3S/c1-3-9-8-27-15-13(28(26)23-9)7-24(2)14(15)16(25)22-10-4-5-12(18)11(6-10)17(19,20)21/h3-7,9,23H,1,8H2,2H3,(H,22,25). The van der Waals surface area contributed by atoms with Crippen LogP contribution in [-0.4, -0.2) is 27.3 Å². The molecule has 3 rings (SSSR count). The number of benzene rings is 1. The first-order valence-corrected chi connectivity index (χ1v) is 9.07. The van der Waals surface area contributed by atoms with Gasteiger partial charge < -0.3 is 14.6 Å². The smallest absolute Gasteiger partial charge is 0.419 e. The third-order valence-electron chi connectivity index (χ3n) is 4.00. The molecule has 0 saturated heterocycles. The van der Waals surface area contributed by atoms with E-state index >= 15 is 0 Å². The number of carbonyl (C=O) groups excluding carboxylic acids is 1. The lowest BCUT2D eigenvalue weighted by Gasteiger charge is -2.13. The fourth-order valence-corrected chi connectivity index (χ4v) is 3.79. The highest BCUT2D eigenvalue weighted by Crippen LogP contribution is 2.34. The van der Waals surface area contributed by atoms with E-state index in [0.717, 1.165) is 6.07 Å². The SMILES string of the molecule is C=CC1COc2c(cn(C)c2C(=O)Nc2ccc(F)c(C(F)(F)F)c2)S(=O)N1. The predicted molar refractivity (Wildman–Crippen MR) is 93.8 cm³/mol. The van der Waals surface area contributed by atoms with E-state index < -0.39 is 40.5 Å². The van der Waals surface area contributed by atoms with Gasteiger partial charge in [-0.1, -0.05) is 6.08 Å². The quantitative estimate of drug-likeness (QED) is 0.596. The zero-order chi connectivity index (χ0) is 20.6. The van der Waals surface area contributed by atoms with Crippen molar-refractivity contribution in [2.24, 2.45) is 7.05 Å².